The van der Waals surface area contributed by atoms with E-state index in [0.29, 0.717) is 24.1 Å². The third kappa shape index (κ3) is 3.13. The maximum Gasteiger partial charge on any atom is 0.0859 e. The summed E-state index contributed by atoms with van der Waals surface area (Å²) in [7, 11) is 0. The second kappa shape index (κ2) is 6.53. The van der Waals surface area contributed by atoms with Crippen molar-refractivity contribution < 1.29 is 9.47 Å². The van der Waals surface area contributed by atoms with Crippen LogP contribution in [0, 0.1) is 5.92 Å². The zero-order valence-electron chi connectivity index (χ0n) is 12.1. The number of hydrogen-bond donors (Lipinski definition) is 1. The Kier molecular flexibility index (Phi) is 4.74. The number of likely N-dealkylation sites (N-methyl/N-ethyl adjacent to an activating group) is 1. The number of hydrogen-bond acceptors (Lipinski definition) is 4. The van der Waals surface area contributed by atoms with Crippen molar-refractivity contribution in [2.24, 2.45) is 5.92 Å². The van der Waals surface area contributed by atoms with Crippen molar-refractivity contribution in [3.63, 3.8) is 0 Å². The van der Waals surface area contributed by atoms with Crippen molar-refractivity contribution in [2.45, 2.75) is 50.8 Å². The average Bonchev–Trinajstić information content (AvgIpc) is 2.93. The van der Waals surface area contributed by atoms with E-state index in [4.69, 9.17) is 9.47 Å². The number of rotatable bonds is 4. The molecule has 0 aliphatic carbocycles. The fourth-order valence-corrected chi connectivity index (χ4v) is 3.95. The van der Waals surface area contributed by atoms with Crippen LogP contribution in [0.1, 0.15) is 32.6 Å². The molecule has 1 N–H and O–H groups in total. The molecule has 3 heterocycles. The maximum atomic E-state index is 6.20. The second-order valence-corrected chi connectivity index (χ2v) is 6.22. The van der Waals surface area contributed by atoms with E-state index in [0.717, 1.165) is 32.9 Å². The molecule has 19 heavy (non-hydrogen) atoms. The normalized spacial score (nSPS) is 38.1. The molecule has 0 radical (unpaired) electrons. The van der Waals surface area contributed by atoms with E-state index in [9.17, 15) is 0 Å². The number of morpholine rings is 1. The molecule has 0 amide bonds. The molecule has 3 rings (SSSR count). The summed E-state index contributed by atoms with van der Waals surface area (Å²) in [5.41, 5.74) is 0. The molecule has 3 saturated heterocycles. The van der Waals surface area contributed by atoms with Crippen LogP contribution in [-0.2, 0) is 9.47 Å². The molecule has 4 nitrogen and oxygen atoms in total. The van der Waals surface area contributed by atoms with Crippen LogP contribution in [0.3, 0.4) is 0 Å². The monoisotopic (exact) mass is 268 g/mol. The summed E-state index contributed by atoms with van der Waals surface area (Å²) in [5.74, 6) is 0.623. The summed E-state index contributed by atoms with van der Waals surface area (Å²) >= 11 is 0. The number of ether oxygens (including phenoxy) is 2. The largest absolute Gasteiger partial charge is 0.381 e. The van der Waals surface area contributed by atoms with Crippen molar-refractivity contribution in [3.8, 4) is 0 Å². The Morgan fingerprint density at radius 2 is 2.21 bits per heavy atom. The SMILES string of the molecule is CCNC(C1CCCOC1)C1CN2CCCC2CO1. The number of fused-ring (bicyclic) bond motifs is 1. The fourth-order valence-electron chi connectivity index (χ4n) is 3.95. The minimum atomic E-state index is 0.348. The standard InChI is InChI=1S/C15H28N2O2/c1-2-16-15(12-5-4-8-18-10-12)14-9-17-7-3-6-13(17)11-19-14/h12-16H,2-11H2,1H3. The van der Waals surface area contributed by atoms with Gasteiger partial charge in [-0.1, -0.05) is 6.92 Å². The molecule has 0 aromatic carbocycles. The Morgan fingerprint density at radius 1 is 1.26 bits per heavy atom. The highest BCUT2D eigenvalue weighted by Crippen LogP contribution is 2.28. The molecular weight excluding hydrogens is 240 g/mol. The summed E-state index contributed by atoms with van der Waals surface area (Å²) in [6, 6.07) is 1.16. The molecule has 0 spiro atoms. The second-order valence-electron chi connectivity index (χ2n) is 6.22. The van der Waals surface area contributed by atoms with Gasteiger partial charge in [-0.3, -0.25) is 4.90 Å². The lowest BCUT2D eigenvalue weighted by molar-refractivity contribution is -0.0854. The van der Waals surface area contributed by atoms with Gasteiger partial charge in [-0.2, -0.15) is 0 Å². The molecule has 0 saturated carbocycles. The predicted octanol–water partition coefficient (Wildman–Crippen LogP) is 1.25. The Bertz CT molecular complexity index is 281. The molecule has 4 atom stereocenters. The van der Waals surface area contributed by atoms with E-state index in [1.807, 2.05) is 0 Å². The zero-order valence-corrected chi connectivity index (χ0v) is 12.1. The first kappa shape index (κ1) is 13.8. The first-order chi connectivity index (χ1) is 9.38. The molecule has 0 aromatic heterocycles. The zero-order chi connectivity index (χ0) is 13.1. The Morgan fingerprint density at radius 3 is 3.00 bits per heavy atom. The molecule has 4 unspecified atom stereocenters. The van der Waals surface area contributed by atoms with Crippen molar-refractivity contribution in [2.75, 3.05) is 39.5 Å². The Hall–Kier alpha value is -0.160. The highest BCUT2D eigenvalue weighted by Gasteiger charge is 2.38. The topological polar surface area (TPSA) is 33.7 Å². The predicted molar refractivity (Wildman–Crippen MR) is 75.3 cm³/mol. The molecule has 3 aliphatic heterocycles. The average molecular weight is 268 g/mol. The third-order valence-electron chi connectivity index (χ3n) is 4.96. The van der Waals surface area contributed by atoms with E-state index in [2.05, 4.69) is 17.1 Å². The maximum absolute atomic E-state index is 6.20. The Balaban J connectivity index is 1.62. The molecule has 0 bridgehead atoms. The van der Waals surface area contributed by atoms with Gasteiger partial charge in [0.1, 0.15) is 0 Å². The van der Waals surface area contributed by atoms with Crippen LogP contribution in [0.15, 0.2) is 0 Å². The van der Waals surface area contributed by atoms with Gasteiger partial charge in [0.15, 0.2) is 0 Å². The summed E-state index contributed by atoms with van der Waals surface area (Å²) < 4.78 is 11.9. The van der Waals surface area contributed by atoms with E-state index in [1.165, 1.54) is 32.2 Å². The minimum Gasteiger partial charge on any atom is -0.381 e. The molecule has 0 aromatic rings. The summed E-state index contributed by atoms with van der Waals surface area (Å²) in [6.45, 7) is 8.36. The van der Waals surface area contributed by atoms with Gasteiger partial charge in [0, 0.05) is 31.2 Å². The first-order valence-corrected chi connectivity index (χ1v) is 8.05. The van der Waals surface area contributed by atoms with Gasteiger partial charge in [0.25, 0.3) is 0 Å². The lowest BCUT2D eigenvalue weighted by atomic mass is 9.89. The molecule has 4 heteroatoms. The first-order valence-electron chi connectivity index (χ1n) is 8.05. The van der Waals surface area contributed by atoms with Gasteiger partial charge in [-0.25, -0.2) is 0 Å². The number of nitrogens with one attached hydrogen (secondary N) is 1. The molecule has 110 valence electrons. The van der Waals surface area contributed by atoms with E-state index in [1.54, 1.807) is 0 Å². The summed E-state index contributed by atoms with van der Waals surface area (Å²) in [4.78, 5) is 2.64. The van der Waals surface area contributed by atoms with Crippen LogP contribution < -0.4 is 5.32 Å². The van der Waals surface area contributed by atoms with Gasteiger partial charge in [-0.15, -0.1) is 0 Å². The highest BCUT2D eigenvalue weighted by atomic mass is 16.5. The lowest BCUT2D eigenvalue weighted by Crippen LogP contribution is -2.57. The summed E-state index contributed by atoms with van der Waals surface area (Å²) in [5, 5.41) is 3.67. The van der Waals surface area contributed by atoms with Crippen molar-refractivity contribution in [1.82, 2.24) is 10.2 Å². The van der Waals surface area contributed by atoms with Crippen molar-refractivity contribution in [3.05, 3.63) is 0 Å². The minimum absolute atomic E-state index is 0.348. The highest BCUT2D eigenvalue weighted by molar-refractivity contribution is 4.93. The van der Waals surface area contributed by atoms with Crippen molar-refractivity contribution >= 4 is 0 Å². The van der Waals surface area contributed by atoms with Gasteiger partial charge in [-0.05, 0) is 38.8 Å². The van der Waals surface area contributed by atoms with Crippen LogP contribution in [0.2, 0.25) is 0 Å². The molecule has 3 aliphatic rings. The quantitative estimate of drug-likeness (QED) is 0.832. The fraction of sp³-hybridized carbons (Fsp3) is 1.00. The summed E-state index contributed by atoms with van der Waals surface area (Å²) in [6.07, 6.45) is 5.50. The van der Waals surface area contributed by atoms with Gasteiger partial charge < -0.3 is 14.8 Å². The van der Waals surface area contributed by atoms with Crippen LogP contribution in [-0.4, -0.2) is 62.5 Å². The van der Waals surface area contributed by atoms with Crippen LogP contribution in [0.4, 0.5) is 0 Å². The smallest absolute Gasteiger partial charge is 0.0859 e. The van der Waals surface area contributed by atoms with Crippen LogP contribution in [0.25, 0.3) is 0 Å². The van der Waals surface area contributed by atoms with E-state index < -0.39 is 0 Å². The Labute approximate surface area is 116 Å². The van der Waals surface area contributed by atoms with Gasteiger partial charge in [0.2, 0.25) is 0 Å². The van der Waals surface area contributed by atoms with Crippen molar-refractivity contribution in [1.29, 1.82) is 0 Å². The lowest BCUT2D eigenvalue weighted by Gasteiger charge is -2.42. The molecule has 3 fully saturated rings. The van der Waals surface area contributed by atoms with E-state index in [-0.39, 0.29) is 0 Å². The third-order valence-corrected chi connectivity index (χ3v) is 4.96. The van der Waals surface area contributed by atoms with Gasteiger partial charge in [0.05, 0.1) is 19.3 Å². The molecular formula is C15H28N2O2. The van der Waals surface area contributed by atoms with E-state index >= 15 is 0 Å². The van der Waals surface area contributed by atoms with Gasteiger partial charge >= 0.3 is 0 Å². The number of nitrogens with zero attached hydrogens (tertiary/aromatic N) is 1. The van der Waals surface area contributed by atoms with Crippen LogP contribution in [0.5, 0.6) is 0 Å². The van der Waals surface area contributed by atoms with Crippen LogP contribution >= 0.6 is 0 Å².